The molecule has 11 rings (SSSR count). The second-order valence-electron chi connectivity index (χ2n) is 15.8. The summed E-state index contributed by atoms with van der Waals surface area (Å²) in [6.07, 6.45) is 0. The zero-order valence-electron chi connectivity index (χ0n) is 32.3. The summed E-state index contributed by atoms with van der Waals surface area (Å²) in [6, 6.07) is 69.1. The fourth-order valence-electron chi connectivity index (χ4n) is 8.86. The number of aromatic nitrogens is 2. The standard InChI is InChI=1S/C55H38N2O/c1-55(2)48-22-11-9-20-44(48)46-32-38(24-26-49(46)55)37-18-13-19-40(28-37)50-34-51(57-54(56-50)36-16-7-4-8-17-36)43-30-41(35-14-5-3-6-15-35)29-42(31-43)39-25-27-53-47(33-39)45-21-10-12-23-52(45)58-53/h3-34H,1-2H3. The fourth-order valence-corrected chi connectivity index (χ4v) is 8.86. The third-order valence-corrected chi connectivity index (χ3v) is 11.9. The van der Waals surface area contributed by atoms with Crippen molar-refractivity contribution in [3.8, 4) is 78.4 Å². The van der Waals surface area contributed by atoms with Gasteiger partial charge in [-0.3, -0.25) is 0 Å². The first kappa shape index (κ1) is 33.9. The third kappa shape index (κ3) is 5.74. The monoisotopic (exact) mass is 742 g/mol. The van der Waals surface area contributed by atoms with E-state index in [0.29, 0.717) is 5.82 Å². The molecular weight excluding hydrogens is 705 g/mol. The van der Waals surface area contributed by atoms with E-state index < -0.39 is 0 Å². The van der Waals surface area contributed by atoms with Crippen LogP contribution in [0.25, 0.3) is 100 Å². The van der Waals surface area contributed by atoms with Crippen molar-refractivity contribution in [2.75, 3.05) is 0 Å². The summed E-state index contributed by atoms with van der Waals surface area (Å²) in [5.74, 6) is 0.688. The normalized spacial score (nSPS) is 12.8. The molecule has 10 aromatic rings. The minimum absolute atomic E-state index is 0.0322. The Hall–Kier alpha value is -7.36. The van der Waals surface area contributed by atoms with Gasteiger partial charge in [-0.25, -0.2) is 9.97 Å². The molecule has 0 spiro atoms. The Kier molecular flexibility index (Phi) is 7.84. The second-order valence-corrected chi connectivity index (χ2v) is 15.8. The minimum atomic E-state index is -0.0322. The Balaban J connectivity index is 1.07. The summed E-state index contributed by atoms with van der Waals surface area (Å²) in [6.45, 7) is 4.65. The molecule has 0 N–H and O–H groups in total. The molecule has 1 aliphatic rings. The van der Waals surface area contributed by atoms with Gasteiger partial charge in [-0.15, -0.1) is 0 Å². The molecule has 0 amide bonds. The molecule has 2 aromatic heterocycles. The number of furan rings is 1. The summed E-state index contributed by atoms with van der Waals surface area (Å²) in [5.41, 5.74) is 18.7. The molecule has 0 fully saturated rings. The molecule has 2 heterocycles. The van der Waals surface area contributed by atoms with Crippen LogP contribution in [0, 0.1) is 0 Å². The summed E-state index contributed by atoms with van der Waals surface area (Å²) < 4.78 is 6.20. The van der Waals surface area contributed by atoms with Crippen molar-refractivity contribution in [2.24, 2.45) is 0 Å². The Morgan fingerprint density at radius 1 is 0.345 bits per heavy atom. The highest BCUT2D eigenvalue weighted by atomic mass is 16.3. The van der Waals surface area contributed by atoms with E-state index in [1.807, 2.05) is 30.3 Å². The van der Waals surface area contributed by atoms with Crippen molar-refractivity contribution >= 4 is 21.9 Å². The van der Waals surface area contributed by atoms with Crippen molar-refractivity contribution < 1.29 is 4.42 Å². The van der Waals surface area contributed by atoms with E-state index in [2.05, 4.69) is 178 Å². The minimum Gasteiger partial charge on any atom is -0.456 e. The van der Waals surface area contributed by atoms with Crippen LogP contribution in [0.3, 0.4) is 0 Å². The summed E-state index contributed by atoms with van der Waals surface area (Å²) in [5, 5.41) is 2.22. The molecule has 0 bridgehead atoms. The van der Waals surface area contributed by atoms with Gasteiger partial charge < -0.3 is 4.42 Å². The molecule has 0 unspecified atom stereocenters. The predicted octanol–water partition coefficient (Wildman–Crippen LogP) is 14.7. The molecular formula is C55H38N2O. The number of rotatable bonds is 6. The predicted molar refractivity (Wildman–Crippen MR) is 239 cm³/mol. The lowest BCUT2D eigenvalue weighted by Crippen LogP contribution is -2.14. The topological polar surface area (TPSA) is 38.9 Å². The molecule has 8 aromatic carbocycles. The lowest BCUT2D eigenvalue weighted by atomic mass is 9.82. The van der Waals surface area contributed by atoms with Crippen LogP contribution in [0.15, 0.2) is 199 Å². The number of nitrogens with zero attached hydrogens (tertiary/aromatic N) is 2. The Morgan fingerprint density at radius 2 is 0.897 bits per heavy atom. The van der Waals surface area contributed by atoms with Gasteiger partial charge in [0.2, 0.25) is 0 Å². The molecule has 3 heteroatoms. The number of benzene rings is 8. The average Bonchev–Trinajstić information content (AvgIpc) is 3.77. The first-order valence-electron chi connectivity index (χ1n) is 19.9. The molecule has 3 nitrogen and oxygen atoms in total. The van der Waals surface area contributed by atoms with Gasteiger partial charge in [0, 0.05) is 32.9 Å². The first-order chi connectivity index (χ1) is 28.5. The van der Waals surface area contributed by atoms with E-state index in [4.69, 9.17) is 14.4 Å². The lowest BCUT2D eigenvalue weighted by Gasteiger charge is -2.21. The quantitative estimate of drug-likeness (QED) is 0.170. The number of para-hydroxylation sites is 1. The van der Waals surface area contributed by atoms with Gasteiger partial charge >= 0.3 is 0 Å². The molecule has 0 aliphatic heterocycles. The van der Waals surface area contributed by atoms with Crippen LogP contribution in [0.1, 0.15) is 25.0 Å². The molecule has 0 radical (unpaired) electrons. The highest BCUT2D eigenvalue weighted by molar-refractivity contribution is 6.06. The van der Waals surface area contributed by atoms with Gasteiger partial charge in [0.05, 0.1) is 11.4 Å². The average molecular weight is 743 g/mol. The molecule has 0 atom stereocenters. The van der Waals surface area contributed by atoms with Crippen LogP contribution in [-0.2, 0) is 5.41 Å². The number of hydrogen-bond acceptors (Lipinski definition) is 3. The molecule has 1 aliphatic carbocycles. The second kappa shape index (κ2) is 13.4. The SMILES string of the molecule is CC1(C)c2ccccc2-c2cc(-c3cccc(-c4cc(-c5cc(-c6ccccc6)cc(-c6ccc7oc8ccccc8c7c6)c5)nc(-c5ccccc5)n4)c3)ccc21. The van der Waals surface area contributed by atoms with E-state index in [1.54, 1.807) is 0 Å². The van der Waals surface area contributed by atoms with Gasteiger partial charge in [0.15, 0.2) is 5.82 Å². The van der Waals surface area contributed by atoms with E-state index in [9.17, 15) is 0 Å². The summed E-state index contributed by atoms with van der Waals surface area (Å²) in [4.78, 5) is 10.5. The smallest absolute Gasteiger partial charge is 0.160 e. The first-order valence-corrected chi connectivity index (χ1v) is 19.9. The molecule has 58 heavy (non-hydrogen) atoms. The van der Waals surface area contributed by atoms with Crippen molar-refractivity contribution in [1.29, 1.82) is 0 Å². The highest BCUT2D eigenvalue weighted by Gasteiger charge is 2.35. The Morgan fingerprint density at radius 3 is 1.72 bits per heavy atom. The van der Waals surface area contributed by atoms with Crippen molar-refractivity contribution in [3.63, 3.8) is 0 Å². The van der Waals surface area contributed by atoms with Crippen LogP contribution in [0.5, 0.6) is 0 Å². The van der Waals surface area contributed by atoms with E-state index in [-0.39, 0.29) is 5.41 Å². The van der Waals surface area contributed by atoms with Crippen molar-refractivity contribution in [1.82, 2.24) is 9.97 Å². The molecule has 0 saturated carbocycles. The zero-order chi connectivity index (χ0) is 38.8. The van der Waals surface area contributed by atoms with E-state index >= 15 is 0 Å². The third-order valence-electron chi connectivity index (χ3n) is 11.9. The van der Waals surface area contributed by atoms with Gasteiger partial charge in [0.1, 0.15) is 11.2 Å². The van der Waals surface area contributed by atoms with Crippen molar-refractivity contribution in [3.05, 3.63) is 205 Å². The number of fused-ring (bicyclic) bond motifs is 6. The van der Waals surface area contributed by atoms with Crippen LogP contribution in [-0.4, -0.2) is 9.97 Å². The largest absolute Gasteiger partial charge is 0.456 e. The van der Waals surface area contributed by atoms with Gasteiger partial charge in [-0.05, 0) is 110 Å². The lowest BCUT2D eigenvalue weighted by molar-refractivity contribution is 0.660. The van der Waals surface area contributed by atoms with Gasteiger partial charge in [-0.1, -0.05) is 153 Å². The van der Waals surface area contributed by atoms with Crippen LogP contribution >= 0.6 is 0 Å². The maximum absolute atomic E-state index is 6.20. The van der Waals surface area contributed by atoms with Crippen LogP contribution in [0.2, 0.25) is 0 Å². The Bertz CT molecular complexity index is 3190. The maximum atomic E-state index is 6.20. The van der Waals surface area contributed by atoms with Gasteiger partial charge in [0.25, 0.3) is 0 Å². The van der Waals surface area contributed by atoms with E-state index in [1.165, 1.54) is 27.8 Å². The molecule has 274 valence electrons. The van der Waals surface area contributed by atoms with Gasteiger partial charge in [-0.2, -0.15) is 0 Å². The fraction of sp³-hybridized carbons (Fsp3) is 0.0545. The summed E-state index contributed by atoms with van der Waals surface area (Å²) in [7, 11) is 0. The number of hydrogen-bond donors (Lipinski definition) is 0. The van der Waals surface area contributed by atoms with Crippen LogP contribution in [0.4, 0.5) is 0 Å². The zero-order valence-corrected chi connectivity index (χ0v) is 32.3. The van der Waals surface area contributed by atoms with Crippen molar-refractivity contribution in [2.45, 2.75) is 19.3 Å². The van der Waals surface area contributed by atoms with E-state index in [0.717, 1.165) is 77.8 Å². The summed E-state index contributed by atoms with van der Waals surface area (Å²) >= 11 is 0. The maximum Gasteiger partial charge on any atom is 0.160 e. The highest BCUT2D eigenvalue weighted by Crippen LogP contribution is 2.49. The van der Waals surface area contributed by atoms with Crippen LogP contribution < -0.4 is 0 Å². The molecule has 0 saturated heterocycles. The Labute approximate surface area is 338 Å².